The van der Waals surface area contributed by atoms with Gasteiger partial charge in [0, 0.05) is 18.7 Å². The fourth-order valence-corrected chi connectivity index (χ4v) is 1.72. The first kappa shape index (κ1) is 16.6. The number of benzene rings is 2. The zero-order chi connectivity index (χ0) is 15.7. The predicted octanol–water partition coefficient (Wildman–Crippen LogP) is 3.83. The molecule has 0 unspecified atom stereocenters. The third kappa shape index (κ3) is 4.85. The van der Waals surface area contributed by atoms with Crippen LogP contribution in [-0.4, -0.2) is 17.9 Å². The molecule has 6 heteroatoms. The molecule has 0 aliphatic carbocycles. The fraction of sp³-hybridized carbons (Fsp3) is 0.133. The number of para-hydroxylation sites is 2. The summed E-state index contributed by atoms with van der Waals surface area (Å²) in [7, 11) is 1.62. The van der Waals surface area contributed by atoms with Crippen LogP contribution in [0.5, 0.6) is 5.75 Å². The van der Waals surface area contributed by atoms with Crippen molar-refractivity contribution in [3.05, 3.63) is 64.2 Å². The topological polar surface area (TPSA) is 64.4 Å². The molecule has 1 N–H and O–H groups in total. The molecule has 0 fully saturated rings. The van der Waals surface area contributed by atoms with Gasteiger partial charge in [0.2, 0.25) is 0 Å². The highest BCUT2D eigenvalue weighted by atomic mass is 32.1. The number of hydrogen-bond acceptors (Lipinski definition) is 5. The molecule has 0 amide bonds. The van der Waals surface area contributed by atoms with Gasteiger partial charge in [0.05, 0.1) is 17.7 Å². The molecule has 2 rings (SSSR count). The van der Waals surface area contributed by atoms with Crippen LogP contribution in [0, 0.1) is 10.1 Å². The van der Waals surface area contributed by atoms with Crippen molar-refractivity contribution in [2.75, 3.05) is 12.4 Å². The van der Waals surface area contributed by atoms with Crippen LogP contribution < -0.4 is 10.1 Å². The van der Waals surface area contributed by atoms with Crippen molar-refractivity contribution in [1.29, 1.82) is 0 Å². The Kier molecular flexibility index (Phi) is 6.83. The summed E-state index contributed by atoms with van der Waals surface area (Å²) < 4.78 is 5.23. The number of rotatable bonds is 5. The van der Waals surface area contributed by atoms with Crippen molar-refractivity contribution >= 4 is 29.5 Å². The lowest BCUT2D eigenvalue weighted by Gasteiger charge is -2.10. The van der Waals surface area contributed by atoms with Crippen molar-refractivity contribution in [3.63, 3.8) is 0 Å². The van der Waals surface area contributed by atoms with Gasteiger partial charge < -0.3 is 10.1 Å². The van der Waals surface area contributed by atoms with Crippen molar-refractivity contribution in [3.8, 4) is 5.75 Å². The maximum absolute atomic E-state index is 10.5. The fourth-order valence-electron chi connectivity index (χ4n) is 1.72. The highest BCUT2D eigenvalue weighted by Crippen LogP contribution is 2.23. The summed E-state index contributed by atoms with van der Waals surface area (Å²) in [5.74, 6) is 3.60. The van der Waals surface area contributed by atoms with Crippen LogP contribution in [0.1, 0.15) is 5.56 Å². The molecule has 21 heavy (non-hydrogen) atoms. The van der Waals surface area contributed by atoms with E-state index < -0.39 is 4.92 Å². The van der Waals surface area contributed by atoms with E-state index in [-0.39, 0.29) is 5.69 Å². The first-order chi connectivity index (χ1) is 10.2. The zero-order valence-electron chi connectivity index (χ0n) is 11.6. The van der Waals surface area contributed by atoms with Gasteiger partial charge >= 0.3 is 0 Å². The Balaban J connectivity index is 0.00000106. The molecule has 0 atom stereocenters. The van der Waals surface area contributed by atoms with Crippen molar-refractivity contribution in [1.82, 2.24) is 0 Å². The van der Waals surface area contributed by atoms with Crippen LogP contribution in [0.25, 0.3) is 0 Å². The molecule has 0 spiro atoms. The van der Waals surface area contributed by atoms with Gasteiger partial charge in [-0.05, 0) is 23.6 Å². The van der Waals surface area contributed by atoms with Crippen LogP contribution >= 0.6 is 12.2 Å². The second kappa shape index (κ2) is 8.65. The molecular weight excluding hydrogens is 288 g/mol. The van der Waals surface area contributed by atoms with E-state index in [9.17, 15) is 10.1 Å². The minimum absolute atomic E-state index is 0.0982. The number of nitro groups is 1. The molecule has 2 aromatic rings. The molecule has 0 bridgehead atoms. The van der Waals surface area contributed by atoms with E-state index in [2.05, 4.69) is 23.4 Å². The van der Waals surface area contributed by atoms with E-state index in [1.807, 2.05) is 24.3 Å². The summed E-state index contributed by atoms with van der Waals surface area (Å²) >= 11 is 3.83. The number of thiocarbonyl (C=S) groups is 1. The lowest BCUT2D eigenvalue weighted by atomic mass is 10.2. The van der Waals surface area contributed by atoms with Gasteiger partial charge in [-0.2, -0.15) is 0 Å². The number of hydrogen-bond donors (Lipinski definition) is 1. The number of nitrogens with one attached hydrogen (secondary N) is 1. The average molecular weight is 304 g/mol. The molecule has 0 aromatic heterocycles. The standard InChI is InChI=1S/C14H14N2O3.CH2S/c1-19-14-5-3-2-4-13(14)15-10-11-6-8-12(9-7-11)16(17)18;1-2/h2-9,15H,10H2,1H3;1H2. The van der Waals surface area contributed by atoms with E-state index in [1.54, 1.807) is 19.2 Å². The van der Waals surface area contributed by atoms with Gasteiger partial charge in [0.25, 0.3) is 5.69 Å². The molecule has 0 radical (unpaired) electrons. The highest BCUT2D eigenvalue weighted by Gasteiger charge is 2.04. The predicted molar refractivity (Wildman–Crippen MR) is 88.1 cm³/mol. The maximum Gasteiger partial charge on any atom is 0.269 e. The van der Waals surface area contributed by atoms with Crippen molar-refractivity contribution < 1.29 is 9.66 Å². The SMILES string of the molecule is C=S.COc1ccccc1NCc1ccc([N+](=O)[O-])cc1. The number of methoxy groups -OCH3 is 1. The van der Waals surface area contributed by atoms with Crippen LogP contribution in [0.15, 0.2) is 48.5 Å². The van der Waals surface area contributed by atoms with Crippen LogP contribution in [0.2, 0.25) is 0 Å². The van der Waals surface area contributed by atoms with Crippen LogP contribution in [0.4, 0.5) is 11.4 Å². The van der Waals surface area contributed by atoms with Crippen LogP contribution in [0.3, 0.4) is 0 Å². The molecule has 0 heterocycles. The van der Waals surface area contributed by atoms with Gasteiger partial charge in [0.1, 0.15) is 5.75 Å². The Morgan fingerprint density at radius 3 is 2.38 bits per heavy atom. The molecule has 0 saturated carbocycles. The summed E-state index contributed by atoms with van der Waals surface area (Å²) in [6, 6.07) is 14.1. The summed E-state index contributed by atoms with van der Waals surface area (Å²) in [6.07, 6.45) is 0. The zero-order valence-corrected chi connectivity index (χ0v) is 12.4. The maximum atomic E-state index is 10.5. The van der Waals surface area contributed by atoms with Gasteiger partial charge in [-0.15, -0.1) is 0 Å². The van der Waals surface area contributed by atoms with Crippen LogP contribution in [-0.2, 0) is 6.54 Å². The van der Waals surface area contributed by atoms with E-state index in [0.29, 0.717) is 6.54 Å². The molecule has 0 aliphatic heterocycles. The molecule has 0 aliphatic rings. The van der Waals surface area contributed by atoms with E-state index >= 15 is 0 Å². The Morgan fingerprint density at radius 2 is 1.81 bits per heavy atom. The first-order valence-corrected chi connectivity index (χ1v) is 6.67. The Bertz CT molecular complexity index is 588. The summed E-state index contributed by atoms with van der Waals surface area (Å²) in [5, 5.41) is 13.8. The second-order valence-electron chi connectivity index (χ2n) is 3.98. The normalized spacial score (nSPS) is 9.19. The summed E-state index contributed by atoms with van der Waals surface area (Å²) in [5.41, 5.74) is 1.96. The largest absolute Gasteiger partial charge is 0.495 e. The monoisotopic (exact) mass is 304 g/mol. The third-order valence-electron chi connectivity index (χ3n) is 2.74. The lowest BCUT2D eigenvalue weighted by molar-refractivity contribution is -0.384. The number of anilines is 1. The Morgan fingerprint density at radius 1 is 1.19 bits per heavy atom. The van der Waals surface area contributed by atoms with E-state index in [1.165, 1.54) is 12.1 Å². The summed E-state index contributed by atoms with van der Waals surface area (Å²) in [4.78, 5) is 10.1. The second-order valence-corrected chi connectivity index (χ2v) is 3.98. The number of non-ortho nitro benzene ring substituents is 1. The molecule has 2 aromatic carbocycles. The average Bonchev–Trinajstić information content (AvgIpc) is 2.55. The molecule has 110 valence electrons. The minimum atomic E-state index is -0.405. The van der Waals surface area contributed by atoms with Gasteiger partial charge in [-0.25, -0.2) is 0 Å². The van der Waals surface area contributed by atoms with Gasteiger partial charge in [-0.1, -0.05) is 36.5 Å². The van der Waals surface area contributed by atoms with E-state index in [0.717, 1.165) is 17.0 Å². The van der Waals surface area contributed by atoms with E-state index in [4.69, 9.17) is 4.74 Å². The quantitative estimate of drug-likeness (QED) is 0.516. The molecule has 5 nitrogen and oxygen atoms in total. The smallest absolute Gasteiger partial charge is 0.269 e. The molecular formula is C15H16N2O3S. The van der Waals surface area contributed by atoms with Gasteiger partial charge in [0.15, 0.2) is 0 Å². The highest BCUT2D eigenvalue weighted by molar-refractivity contribution is 7.77. The minimum Gasteiger partial charge on any atom is -0.495 e. The number of nitrogens with zero attached hydrogens (tertiary/aromatic N) is 1. The first-order valence-electron chi connectivity index (χ1n) is 6.10. The molecule has 0 saturated heterocycles. The third-order valence-corrected chi connectivity index (χ3v) is 2.74. The lowest BCUT2D eigenvalue weighted by Crippen LogP contribution is -2.01. The summed E-state index contributed by atoms with van der Waals surface area (Å²) in [6.45, 7) is 0.582. The number of ether oxygens (including phenoxy) is 1. The van der Waals surface area contributed by atoms with Crippen molar-refractivity contribution in [2.45, 2.75) is 6.54 Å². The van der Waals surface area contributed by atoms with Crippen molar-refractivity contribution in [2.24, 2.45) is 0 Å². The van der Waals surface area contributed by atoms with Gasteiger partial charge in [-0.3, -0.25) is 10.1 Å². The Hall–Kier alpha value is -2.47. The Labute approximate surface area is 128 Å². The number of nitro benzene ring substituents is 1.